The Kier molecular flexibility index (Phi) is 7.39. The van der Waals surface area contributed by atoms with Gasteiger partial charge < -0.3 is 15.3 Å². The van der Waals surface area contributed by atoms with Gasteiger partial charge in [-0.15, -0.1) is 0 Å². The molecule has 0 bridgehead atoms. The highest BCUT2D eigenvalue weighted by Gasteiger charge is 2.37. The highest BCUT2D eigenvalue weighted by molar-refractivity contribution is 8.14. The Bertz CT molecular complexity index is 861. The predicted octanol–water partition coefficient (Wildman–Crippen LogP) is 2.14. The summed E-state index contributed by atoms with van der Waals surface area (Å²) in [7, 11) is 0. The molecule has 1 aromatic rings. The average Bonchev–Trinajstić information content (AvgIpc) is 2.73. The molecule has 0 saturated carbocycles. The van der Waals surface area contributed by atoms with Crippen LogP contribution in [0.25, 0.3) is 0 Å². The number of hydrogen-bond acceptors (Lipinski definition) is 5. The SMILES string of the molecule is CC(=O)SC(Cc1ccccc1)C(=O)NC1=CC=CC(=O)N(CC(=O)O)C1(C)C. The normalized spacial score (nSPS) is 16.6. The zero-order valence-electron chi connectivity index (χ0n) is 16.5. The van der Waals surface area contributed by atoms with E-state index in [1.165, 1.54) is 24.0 Å². The lowest BCUT2D eigenvalue weighted by Gasteiger charge is -2.38. The van der Waals surface area contributed by atoms with Crippen molar-refractivity contribution in [3.8, 4) is 0 Å². The van der Waals surface area contributed by atoms with Crippen LogP contribution < -0.4 is 5.32 Å². The number of nitrogens with zero attached hydrogens (tertiary/aromatic N) is 1. The summed E-state index contributed by atoms with van der Waals surface area (Å²) in [5.41, 5.74) is 0.235. The summed E-state index contributed by atoms with van der Waals surface area (Å²) in [6, 6.07) is 9.35. The van der Waals surface area contributed by atoms with Gasteiger partial charge in [-0.05, 0) is 31.9 Å². The third-order valence-electron chi connectivity index (χ3n) is 4.52. The summed E-state index contributed by atoms with van der Waals surface area (Å²) in [6.45, 7) is 4.23. The number of carbonyl (C=O) groups excluding carboxylic acids is 3. The fraction of sp³-hybridized carbons (Fsp3) is 0.333. The van der Waals surface area contributed by atoms with Gasteiger partial charge in [-0.2, -0.15) is 0 Å². The fourth-order valence-corrected chi connectivity index (χ4v) is 3.82. The van der Waals surface area contributed by atoms with Crippen molar-refractivity contribution in [3.63, 3.8) is 0 Å². The predicted molar refractivity (Wildman–Crippen MR) is 111 cm³/mol. The Hall–Kier alpha value is -2.87. The van der Waals surface area contributed by atoms with Crippen LogP contribution in [-0.2, 0) is 25.6 Å². The van der Waals surface area contributed by atoms with Crippen molar-refractivity contribution in [2.75, 3.05) is 6.54 Å². The minimum atomic E-state index is -1.15. The van der Waals surface area contributed by atoms with Crippen molar-refractivity contribution in [2.45, 2.75) is 38.0 Å². The molecule has 8 heteroatoms. The summed E-state index contributed by atoms with van der Waals surface area (Å²) in [5.74, 6) is -2.00. The van der Waals surface area contributed by atoms with E-state index >= 15 is 0 Å². The molecule has 0 saturated heterocycles. The van der Waals surface area contributed by atoms with Crippen LogP contribution in [0.5, 0.6) is 0 Å². The molecule has 2 amide bonds. The van der Waals surface area contributed by atoms with Crippen LogP contribution in [0.1, 0.15) is 26.3 Å². The van der Waals surface area contributed by atoms with Crippen LogP contribution in [0.3, 0.4) is 0 Å². The molecule has 1 aliphatic rings. The first-order chi connectivity index (χ1) is 13.6. The van der Waals surface area contributed by atoms with Gasteiger partial charge in [0, 0.05) is 18.7 Å². The van der Waals surface area contributed by atoms with E-state index in [4.69, 9.17) is 5.11 Å². The van der Waals surface area contributed by atoms with Gasteiger partial charge in [0.05, 0.1) is 10.8 Å². The van der Waals surface area contributed by atoms with Gasteiger partial charge in [0.25, 0.3) is 0 Å². The maximum atomic E-state index is 13.0. The van der Waals surface area contributed by atoms with Gasteiger partial charge >= 0.3 is 5.97 Å². The zero-order chi connectivity index (χ0) is 21.6. The number of hydrogen-bond donors (Lipinski definition) is 2. The monoisotopic (exact) mass is 416 g/mol. The van der Waals surface area contributed by atoms with E-state index < -0.39 is 29.2 Å². The van der Waals surface area contributed by atoms with Crippen LogP contribution in [0.4, 0.5) is 0 Å². The third-order valence-corrected chi connectivity index (χ3v) is 5.51. The molecule has 0 radical (unpaired) electrons. The number of thioether (sulfide) groups is 1. The first-order valence-corrected chi connectivity index (χ1v) is 9.93. The number of benzene rings is 1. The van der Waals surface area contributed by atoms with Gasteiger partial charge in [0.15, 0.2) is 5.12 Å². The van der Waals surface area contributed by atoms with Crippen LogP contribution in [0, 0.1) is 0 Å². The summed E-state index contributed by atoms with van der Waals surface area (Å²) >= 11 is 0.938. The van der Waals surface area contributed by atoms with Crippen LogP contribution >= 0.6 is 11.8 Å². The first kappa shape index (κ1) is 22.4. The molecule has 7 nitrogen and oxygen atoms in total. The number of nitrogens with one attached hydrogen (secondary N) is 1. The number of rotatable bonds is 7. The van der Waals surface area contributed by atoms with E-state index in [0.29, 0.717) is 12.1 Å². The Balaban J connectivity index is 2.25. The summed E-state index contributed by atoms with van der Waals surface area (Å²) in [6.07, 6.45) is 4.68. The fourth-order valence-electron chi connectivity index (χ4n) is 2.98. The lowest BCUT2D eigenvalue weighted by molar-refractivity contribution is -0.145. The van der Waals surface area contributed by atoms with E-state index in [1.54, 1.807) is 19.9 Å². The molecule has 0 spiro atoms. The van der Waals surface area contributed by atoms with Crippen molar-refractivity contribution < 1.29 is 24.3 Å². The number of aliphatic carboxylic acids is 1. The van der Waals surface area contributed by atoms with E-state index in [-0.39, 0.29) is 11.0 Å². The molecule has 0 aromatic heterocycles. The largest absolute Gasteiger partial charge is 0.480 e. The van der Waals surface area contributed by atoms with Crippen LogP contribution in [0.2, 0.25) is 0 Å². The van der Waals surface area contributed by atoms with Crippen LogP contribution in [0.15, 0.2) is 54.3 Å². The van der Waals surface area contributed by atoms with E-state index in [9.17, 15) is 19.2 Å². The maximum Gasteiger partial charge on any atom is 0.323 e. The third kappa shape index (κ3) is 6.05. The van der Waals surface area contributed by atoms with E-state index in [1.807, 2.05) is 30.3 Å². The van der Waals surface area contributed by atoms with Gasteiger partial charge in [-0.1, -0.05) is 48.2 Å². The Morgan fingerprint density at radius 2 is 1.86 bits per heavy atom. The van der Waals surface area contributed by atoms with E-state index in [0.717, 1.165) is 17.3 Å². The summed E-state index contributed by atoms with van der Waals surface area (Å²) in [5, 5.41) is 11.1. The number of amides is 2. The standard InChI is InChI=1S/C21H24N2O5S/c1-14(24)29-16(12-15-8-5-4-6-9-15)20(28)22-17-10-7-11-18(25)23(13-19(26)27)21(17,2)3/h4-11,16H,12-13H2,1-3H3,(H,22,28)(H,26,27). The number of carboxylic acid groups (broad SMARTS) is 1. The second-order valence-electron chi connectivity index (χ2n) is 7.09. The molecule has 0 fully saturated rings. The summed E-state index contributed by atoms with van der Waals surface area (Å²) < 4.78 is 0. The number of carboxylic acids is 1. The maximum absolute atomic E-state index is 13.0. The molecule has 2 rings (SSSR count). The number of allylic oxidation sites excluding steroid dienone is 2. The Morgan fingerprint density at radius 1 is 1.21 bits per heavy atom. The second kappa shape index (κ2) is 9.56. The second-order valence-corrected chi connectivity index (χ2v) is 8.47. The minimum Gasteiger partial charge on any atom is -0.480 e. The molecule has 1 heterocycles. The molecule has 1 atom stereocenters. The quantitative estimate of drug-likeness (QED) is 0.706. The molecule has 2 N–H and O–H groups in total. The van der Waals surface area contributed by atoms with E-state index in [2.05, 4.69) is 5.32 Å². The van der Waals surface area contributed by atoms with Crippen molar-refractivity contribution in [1.82, 2.24) is 10.2 Å². The average molecular weight is 416 g/mol. The van der Waals surface area contributed by atoms with Gasteiger partial charge in [0.2, 0.25) is 11.8 Å². The number of carbonyl (C=O) groups is 4. The lowest BCUT2D eigenvalue weighted by Crippen LogP contribution is -2.54. The molecule has 154 valence electrons. The molecule has 1 aliphatic heterocycles. The molecule has 1 aromatic carbocycles. The highest BCUT2D eigenvalue weighted by Crippen LogP contribution is 2.26. The molecule has 1 unspecified atom stereocenters. The Morgan fingerprint density at radius 3 is 2.45 bits per heavy atom. The molecule has 29 heavy (non-hydrogen) atoms. The van der Waals surface area contributed by atoms with Gasteiger partial charge in [-0.25, -0.2) is 0 Å². The van der Waals surface area contributed by atoms with Gasteiger partial charge in [0.1, 0.15) is 6.54 Å². The van der Waals surface area contributed by atoms with Crippen molar-refractivity contribution >= 4 is 34.7 Å². The van der Waals surface area contributed by atoms with Crippen molar-refractivity contribution in [3.05, 3.63) is 59.8 Å². The molecule has 0 aliphatic carbocycles. The van der Waals surface area contributed by atoms with Crippen LogP contribution in [-0.4, -0.2) is 50.2 Å². The molecular formula is C21H24N2O5S. The zero-order valence-corrected chi connectivity index (χ0v) is 17.4. The minimum absolute atomic E-state index is 0.183. The topological polar surface area (TPSA) is 104 Å². The Labute approximate surface area is 173 Å². The first-order valence-electron chi connectivity index (χ1n) is 9.05. The highest BCUT2D eigenvalue weighted by atomic mass is 32.2. The smallest absolute Gasteiger partial charge is 0.323 e. The van der Waals surface area contributed by atoms with Crippen molar-refractivity contribution in [1.29, 1.82) is 0 Å². The lowest BCUT2D eigenvalue weighted by atomic mass is 9.97. The van der Waals surface area contributed by atoms with Crippen molar-refractivity contribution in [2.24, 2.45) is 0 Å². The van der Waals surface area contributed by atoms with Gasteiger partial charge in [-0.3, -0.25) is 19.2 Å². The molecular weight excluding hydrogens is 392 g/mol. The summed E-state index contributed by atoms with van der Waals surface area (Å²) in [4.78, 5) is 49.4.